The number of aromatic amines is 1. The summed E-state index contributed by atoms with van der Waals surface area (Å²) in [6, 6.07) is 3.38. The van der Waals surface area contributed by atoms with Crippen molar-refractivity contribution in [3.8, 4) is 0 Å². The topological polar surface area (TPSA) is 85.5 Å². The van der Waals surface area contributed by atoms with E-state index >= 15 is 0 Å². The second-order valence-corrected chi connectivity index (χ2v) is 9.80. The monoisotopic (exact) mass is 449 g/mol. The zero-order chi connectivity index (χ0) is 21.3. The molecule has 2 N–H and O–H groups in total. The van der Waals surface area contributed by atoms with Crippen LogP contribution < -0.4 is 10.9 Å². The average Bonchev–Trinajstić information content (AvgIpc) is 3.22. The number of fused-ring (bicyclic) bond motifs is 1. The summed E-state index contributed by atoms with van der Waals surface area (Å²) < 4.78 is 31.7. The van der Waals surface area contributed by atoms with Crippen LogP contribution in [0.15, 0.2) is 16.9 Å². The van der Waals surface area contributed by atoms with Gasteiger partial charge in [0, 0.05) is 43.0 Å². The molecule has 0 atom stereocenters. The van der Waals surface area contributed by atoms with Gasteiger partial charge < -0.3 is 24.5 Å². The van der Waals surface area contributed by atoms with Crippen molar-refractivity contribution in [3.05, 3.63) is 34.1 Å². The van der Waals surface area contributed by atoms with E-state index in [4.69, 9.17) is 14.2 Å². The zero-order valence-corrected chi connectivity index (χ0v) is 18.3. The molecule has 3 heterocycles. The minimum Gasteiger partial charge on any atom is -0.382 e. The Hall–Kier alpha value is -1.68. The first-order chi connectivity index (χ1) is 15.1. The highest BCUT2D eigenvalue weighted by molar-refractivity contribution is 7.99. The lowest BCUT2D eigenvalue weighted by atomic mass is 9.90. The average molecular weight is 450 g/mol. The molecule has 9 heteroatoms. The van der Waals surface area contributed by atoms with Gasteiger partial charge in [-0.15, -0.1) is 0 Å². The molecule has 0 bridgehead atoms. The van der Waals surface area contributed by atoms with E-state index in [0.717, 1.165) is 51.7 Å². The van der Waals surface area contributed by atoms with E-state index in [-0.39, 0.29) is 11.4 Å². The van der Waals surface area contributed by atoms with Crippen LogP contribution in [0.2, 0.25) is 0 Å². The van der Waals surface area contributed by atoms with Gasteiger partial charge in [-0.2, -0.15) is 11.8 Å². The van der Waals surface area contributed by atoms with E-state index < -0.39 is 17.2 Å². The number of anilines is 1. The fourth-order valence-corrected chi connectivity index (χ4v) is 5.74. The third kappa shape index (κ3) is 4.74. The Morgan fingerprint density at radius 1 is 1.13 bits per heavy atom. The molecule has 0 amide bonds. The number of benzene rings is 1. The van der Waals surface area contributed by atoms with Crippen LogP contribution in [0.5, 0.6) is 0 Å². The van der Waals surface area contributed by atoms with Crippen LogP contribution in [0.4, 0.5) is 10.1 Å². The first-order valence-electron chi connectivity index (χ1n) is 11.1. The maximum Gasteiger partial charge on any atom is 0.261 e. The van der Waals surface area contributed by atoms with Crippen molar-refractivity contribution < 1.29 is 18.6 Å². The van der Waals surface area contributed by atoms with E-state index in [1.165, 1.54) is 6.07 Å². The van der Waals surface area contributed by atoms with Crippen molar-refractivity contribution in [2.24, 2.45) is 0 Å². The van der Waals surface area contributed by atoms with Crippen molar-refractivity contribution in [1.29, 1.82) is 0 Å². The second kappa shape index (κ2) is 9.05. The SMILES string of the molecule is O=c1[nH]c(CSC2CCOCC2)nc2cc(NC3CCC4(CC3)OCCO4)cc(F)c12. The summed E-state index contributed by atoms with van der Waals surface area (Å²) in [5.74, 6) is 0.214. The van der Waals surface area contributed by atoms with Crippen molar-refractivity contribution in [2.75, 3.05) is 31.7 Å². The highest BCUT2D eigenvalue weighted by atomic mass is 32.2. The summed E-state index contributed by atoms with van der Waals surface area (Å²) in [5, 5.41) is 3.94. The predicted molar refractivity (Wildman–Crippen MR) is 118 cm³/mol. The van der Waals surface area contributed by atoms with E-state index in [2.05, 4.69) is 15.3 Å². The Bertz CT molecular complexity index is 979. The summed E-state index contributed by atoms with van der Waals surface area (Å²) in [5.41, 5.74) is 0.621. The number of H-pyrrole nitrogens is 1. The molecule has 2 saturated heterocycles. The van der Waals surface area contributed by atoms with Gasteiger partial charge in [0.2, 0.25) is 0 Å². The van der Waals surface area contributed by atoms with Crippen LogP contribution in [0.3, 0.4) is 0 Å². The highest BCUT2D eigenvalue weighted by Crippen LogP contribution is 2.37. The molecule has 5 rings (SSSR count). The van der Waals surface area contributed by atoms with Crippen molar-refractivity contribution in [2.45, 2.75) is 61.4 Å². The van der Waals surface area contributed by atoms with Gasteiger partial charge >= 0.3 is 0 Å². The number of halogens is 1. The normalized spacial score (nSPS) is 22.4. The number of nitrogens with zero attached hydrogens (tertiary/aromatic N) is 1. The van der Waals surface area contributed by atoms with Gasteiger partial charge in [-0.1, -0.05) is 0 Å². The van der Waals surface area contributed by atoms with Crippen LogP contribution in [0, 0.1) is 5.82 Å². The summed E-state index contributed by atoms with van der Waals surface area (Å²) in [7, 11) is 0. The van der Waals surface area contributed by atoms with Crippen LogP contribution in [-0.2, 0) is 20.0 Å². The Morgan fingerprint density at radius 2 is 1.87 bits per heavy atom. The van der Waals surface area contributed by atoms with Crippen molar-refractivity contribution in [1.82, 2.24) is 9.97 Å². The minimum atomic E-state index is -0.549. The molecule has 7 nitrogen and oxygen atoms in total. The molecule has 1 spiro atoms. The third-order valence-electron chi connectivity index (χ3n) is 6.37. The molecule has 2 aliphatic heterocycles. The highest BCUT2D eigenvalue weighted by Gasteiger charge is 2.40. The summed E-state index contributed by atoms with van der Waals surface area (Å²) in [6.45, 7) is 2.87. The van der Waals surface area contributed by atoms with E-state index in [1.54, 1.807) is 17.8 Å². The van der Waals surface area contributed by atoms with E-state index in [1.807, 2.05) is 0 Å². The first kappa shape index (κ1) is 21.2. The zero-order valence-electron chi connectivity index (χ0n) is 17.5. The quantitative estimate of drug-likeness (QED) is 0.722. The Kier molecular flexibility index (Phi) is 6.19. The molecule has 0 radical (unpaired) electrons. The van der Waals surface area contributed by atoms with Gasteiger partial charge in [0.25, 0.3) is 5.56 Å². The molecule has 1 aromatic carbocycles. The smallest absolute Gasteiger partial charge is 0.261 e. The largest absolute Gasteiger partial charge is 0.382 e. The lowest BCUT2D eigenvalue weighted by Crippen LogP contribution is -2.39. The molecular weight excluding hydrogens is 421 g/mol. The third-order valence-corrected chi connectivity index (χ3v) is 7.75. The number of rotatable bonds is 5. The number of thioether (sulfide) groups is 1. The predicted octanol–water partition coefficient (Wildman–Crippen LogP) is 3.57. The Labute approximate surface area is 184 Å². The molecule has 0 unspecified atom stereocenters. The lowest BCUT2D eigenvalue weighted by Gasteiger charge is -2.36. The van der Waals surface area contributed by atoms with Gasteiger partial charge in [0.15, 0.2) is 5.79 Å². The number of nitrogens with one attached hydrogen (secondary N) is 2. The second-order valence-electron chi connectivity index (χ2n) is 8.51. The Balaban J connectivity index is 1.29. The maximum absolute atomic E-state index is 14.8. The molecule has 3 aliphatic rings. The maximum atomic E-state index is 14.8. The molecule has 31 heavy (non-hydrogen) atoms. The molecule has 3 fully saturated rings. The molecule has 1 aliphatic carbocycles. The summed E-state index contributed by atoms with van der Waals surface area (Å²) in [4.78, 5) is 19.8. The number of ether oxygens (including phenoxy) is 3. The van der Waals surface area contributed by atoms with Crippen LogP contribution in [-0.4, -0.2) is 53.5 Å². The number of hydrogen-bond donors (Lipinski definition) is 2. The first-order valence-corrected chi connectivity index (χ1v) is 12.1. The van der Waals surface area contributed by atoms with Gasteiger partial charge in [-0.25, -0.2) is 9.37 Å². The van der Waals surface area contributed by atoms with Gasteiger partial charge in [0.05, 0.1) is 24.5 Å². The molecular formula is C22H28FN3O4S. The molecule has 1 aromatic heterocycles. The summed E-state index contributed by atoms with van der Waals surface area (Å²) in [6.07, 6.45) is 5.43. The lowest BCUT2D eigenvalue weighted by molar-refractivity contribution is -0.177. The number of aromatic nitrogens is 2. The van der Waals surface area contributed by atoms with E-state index in [0.29, 0.717) is 41.2 Å². The number of hydrogen-bond acceptors (Lipinski definition) is 7. The molecule has 1 saturated carbocycles. The standard InChI is InChI=1S/C22H28FN3O4S/c23-17-11-15(24-14-1-5-22(6-2-14)29-9-10-30-22)12-18-20(17)21(27)26-19(25-18)13-31-16-3-7-28-8-4-16/h11-12,14,16,24H,1-10,13H2,(H,25,26,27). The molecule has 2 aromatic rings. The van der Waals surface area contributed by atoms with Crippen LogP contribution in [0.1, 0.15) is 44.3 Å². The van der Waals surface area contributed by atoms with E-state index in [9.17, 15) is 9.18 Å². The fourth-order valence-electron chi connectivity index (χ4n) is 4.69. The van der Waals surface area contributed by atoms with Crippen molar-refractivity contribution >= 4 is 28.4 Å². The summed E-state index contributed by atoms with van der Waals surface area (Å²) >= 11 is 1.77. The van der Waals surface area contributed by atoms with Crippen LogP contribution in [0.25, 0.3) is 10.9 Å². The fraction of sp³-hybridized carbons (Fsp3) is 0.636. The molecule has 168 valence electrons. The van der Waals surface area contributed by atoms with Crippen LogP contribution >= 0.6 is 11.8 Å². The van der Waals surface area contributed by atoms with Gasteiger partial charge in [-0.3, -0.25) is 4.79 Å². The minimum absolute atomic E-state index is 0.0146. The van der Waals surface area contributed by atoms with Crippen molar-refractivity contribution in [3.63, 3.8) is 0 Å². The van der Waals surface area contributed by atoms with Gasteiger partial charge in [-0.05, 0) is 37.8 Å². The Morgan fingerprint density at radius 3 is 2.61 bits per heavy atom. The van der Waals surface area contributed by atoms with Gasteiger partial charge in [0.1, 0.15) is 17.0 Å².